The summed E-state index contributed by atoms with van der Waals surface area (Å²) in [5.41, 5.74) is 0.454. The fourth-order valence-corrected chi connectivity index (χ4v) is 1.95. The fraction of sp³-hybridized carbons (Fsp3) is 0.500. The van der Waals surface area contributed by atoms with Crippen molar-refractivity contribution < 1.29 is 9.59 Å². The first kappa shape index (κ1) is 13.3. The topological polar surface area (TPSA) is 93.1 Å². The van der Waals surface area contributed by atoms with E-state index < -0.39 is 6.04 Å². The lowest BCUT2D eigenvalue weighted by Gasteiger charge is -2.11. The van der Waals surface area contributed by atoms with E-state index in [2.05, 4.69) is 15.6 Å². The van der Waals surface area contributed by atoms with E-state index in [0.717, 1.165) is 0 Å². The largest absolute Gasteiger partial charge is 0.353 e. The summed E-state index contributed by atoms with van der Waals surface area (Å²) < 4.78 is 1.45. The first-order valence-electron chi connectivity index (χ1n) is 6.16. The van der Waals surface area contributed by atoms with Gasteiger partial charge in [-0.25, -0.2) is 4.98 Å². The van der Waals surface area contributed by atoms with Crippen LogP contribution in [0.15, 0.2) is 17.3 Å². The summed E-state index contributed by atoms with van der Waals surface area (Å²) in [6, 6.07) is -0.445. The molecule has 2 heterocycles. The number of aromatic nitrogens is 2. The zero-order valence-electron chi connectivity index (χ0n) is 10.7. The third kappa shape index (κ3) is 3.18. The van der Waals surface area contributed by atoms with Crippen LogP contribution in [0.2, 0.25) is 0 Å². The highest BCUT2D eigenvalue weighted by Gasteiger charge is 2.26. The van der Waals surface area contributed by atoms with E-state index in [1.807, 2.05) is 0 Å². The third-order valence-corrected chi connectivity index (χ3v) is 3.04. The molecule has 19 heavy (non-hydrogen) atoms. The minimum atomic E-state index is -0.445. The summed E-state index contributed by atoms with van der Waals surface area (Å²) in [5, 5.41) is 5.29. The van der Waals surface area contributed by atoms with Crippen LogP contribution in [-0.4, -0.2) is 34.0 Å². The quantitative estimate of drug-likeness (QED) is 0.725. The molecular weight excluding hydrogens is 248 g/mol. The maximum Gasteiger partial charge on any atom is 0.256 e. The number of aryl methyl sites for hydroxylation is 1. The van der Waals surface area contributed by atoms with Gasteiger partial charge < -0.3 is 10.6 Å². The summed E-state index contributed by atoms with van der Waals surface area (Å²) in [6.07, 6.45) is 3.86. The minimum absolute atomic E-state index is 0.0979. The molecule has 0 aliphatic carbocycles. The van der Waals surface area contributed by atoms with Gasteiger partial charge in [0.1, 0.15) is 6.04 Å². The van der Waals surface area contributed by atoms with Crippen LogP contribution in [0.4, 0.5) is 0 Å². The van der Waals surface area contributed by atoms with E-state index in [0.29, 0.717) is 31.5 Å². The van der Waals surface area contributed by atoms with Crippen LogP contribution in [0.1, 0.15) is 18.4 Å². The molecular formula is C12H16N4O3. The molecule has 0 saturated carbocycles. The van der Waals surface area contributed by atoms with Gasteiger partial charge in [-0.3, -0.25) is 19.0 Å². The summed E-state index contributed by atoms with van der Waals surface area (Å²) in [7, 11) is 0. The number of hydrogen-bond donors (Lipinski definition) is 2. The van der Waals surface area contributed by atoms with Gasteiger partial charge in [0.05, 0.1) is 6.33 Å². The number of nitrogens with one attached hydrogen (secondary N) is 2. The Morgan fingerprint density at radius 3 is 3.05 bits per heavy atom. The van der Waals surface area contributed by atoms with Gasteiger partial charge in [-0.2, -0.15) is 0 Å². The van der Waals surface area contributed by atoms with Gasteiger partial charge in [0.25, 0.3) is 5.56 Å². The van der Waals surface area contributed by atoms with Crippen LogP contribution in [0.25, 0.3) is 0 Å². The van der Waals surface area contributed by atoms with Crippen molar-refractivity contribution in [3.8, 4) is 0 Å². The van der Waals surface area contributed by atoms with Crippen molar-refractivity contribution in [2.24, 2.45) is 0 Å². The normalized spacial score (nSPS) is 18.2. The van der Waals surface area contributed by atoms with Crippen LogP contribution < -0.4 is 16.2 Å². The van der Waals surface area contributed by atoms with Crippen LogP contribution in [-0.2, 0) is 16.1 Å². The van der Waals surface area contributed by atoms with Crippen LogP contribution in [0, 0.1) is 6.92 Å². The highest BCUT2D eigenvalue weighted by molar-refractivity contribution is 5.90. The molecule has 7 heteroatoms. The lowest BCUT2D eigenvalue weighted by Crippen LogP contribution is -2.43. The molecule has 1 aromatic heterocycles. The summed E-state index contributed by atoms with van der Waals surface area (Å²) in [4.78, 5) is 38.3. The first-order valence-corrected chi connectivity index (χ1v) is 6.16. The zero-order chi connectivity index (χ0) is 13.8. The molecule has 1 aromatic rings. The highest BCUT2D eigenvalue weighted by atomic mass is 16.2. The van der Waals surface area contributed by atoms with Crippen LogP contribution in [0.5, 0.6) is 0 Å². The van der Waals surface area contributed by atoms with Gasteiger partial charge in [0, 0.05) is 31.3 Å². The SMILES string of the molecule is Cc1cncn(CCNC(=O)C2CCC(=O)N2)c1=O. The van der Waals surface area contributed by atoms with Gasteiger partial charge in [0.2, 0.25) is 11.8 Å². The molecule has 0 spiro atoms. The molecule has 1 saturated heterocycles. The zero-order valence-corrected chi connectivity index (χ0v) is 10.7. The van der Waals surface area contributed by atoms with Crippen molar-refractivity contribution >= 4 is 11.8 Å². The standard InChI is InChI=1S/C12H16N4O3/c1-8-6-13-7-16(12(8)19)5-4-14-11(18)9-2-3-10(17)15-9/h6-7,9H,2-5H2,1H3,(H,14,18)(H,15,17). The second-order valence-electron chi connectivity index (χ2n) is 4.53. The second kappa shape index (κ2) is 5.64. The lowest BCUT2D eigenvalue weighted by molar-refractivity contribution is -0.125. The molecule has 0 aromatic carbocycles. The van der Waals surface area contributed by atoms with Gasteiger partial charge in [-0.05, 0) is 13.3 Å². The number of carbonyl (C=O) groups is 2. The third-order valence-electron chi connectivity index (χ3n) is 3.04. The predicted molar refractivity (Wildman–Crippen MR) is 67.4 cm³/mol. The molecule has 102 valence electrons. The van der Waals surface area contributed by atoms with Crippen molar-refractivity contribution in [2.75, 3.05) is 6.54 Å². The van der Waals surface area contributed by atoms with E-state index >= 15 is 0 Å². The number of rotatable bonds is 4. The van der Waals surface area contributed by atoms with Gasteiger partial charge in [0.15, 0.2) is 0 Å². The summed E-state index contributed by atoms with van der Waals surface area (Å²) in [6.45, 7) is 2.38. The Hall–Kier alpha value is -2.18. The molecule has 2 N–H and O–H groups in total. The Balaban J connectivity index is 1.83. The number of nitrogens with zero attached hydrogens (tertiary/aromatic N) is 2. The van der Waals surface area contributed by atoms with E-state index in [1.54, 1.807) is 6.92 Å². The predicted octanol–water partition coefficient (Wildman–Crippen LogP) is -1.05. The average Bonchev–Trinajstić information content (AvgIpc) is 2.81. The van der Waals surface area contributed by atoms with Crippen molar-refractivity contribution in [1.29, 1.82) is 0 Å². The molecule has 1 atom stereocenters. The Morgan fingerprint density at radius 1 is 1.58 bits per heavy atom. The molecule has 0 radical (unpaired) electrons. The maximum absolute atomic E-state index is 11.7. The Morgan fingerprint density at radius 2 is 2.37 bits per heavy atom. The van der Waals surface area contributed by atoms with Gasteiger partial charge >= 0.3 is 0 Å². The molecule has 1 aliphatic heterocycles. The van der Waals surface area contributed by atoms with E-state index in [-0.39, 0.29) is 17.4 Å². The number of carbonyl (C=O) groups excluding carboxylic acids is 2. The van der Waals surface area contributed by atoms with Crippen molar-refractivity contribution in [1.82, 2.24) is 20.2 Å². The number of hydrogen-bond acceptors (Lipinski definition) is 4. The first-order chi connectivity index (χ1) is 9.08. The van der Waals surface area contributed by atoms with Crippen molar-refractivity contribution in [3.63, 3.8) is 0 Å². The molecule has 1 aliphatic rings. The smallest absolute Gasteiger partial charge is 0.256 e. The Kier molecular flexibility index (Phi) is 3.94. The summed E-state index contributed by atoms with van der Waals surface area (Å²) in [5.74, 6) is -0.307. The van der Waals surface area contributed by atoms with E-state index in [4.69, 9.17) is 0 Å². The Labute approximate surface area is 110 Å². The minimum Gasteiger partial charge on any atom is -0.353 e. The van der Waals surface area contributed by atoms with Crippen molar-refractivity contribution in [3.05, 3.63) is 28.4 Å². The van der Waals surface area contributed by atoms with Gasteiger partial charge in [-0.15, -0.1) is 0 Å². The molecule has 2 rings (SSSR count). The fourth-order valence-electron chi connectivity index (χ4n) is 1.95. The summed E-state index contributed by atoms with van der Waals surface area (Å²) >= 11 is 0. The van der Waals surface area contributed by atoms with Crippen molar-refractivity contribution in [2.45, 2.75) is 32.4 Å². The second-order valence-corrected chi connectivity index (χ2v) is 4.53. The van der Waals surface area contributed by atoms with Gasteiger partial charge in [-0.1, -0.05) is 0 Å². The molecule has 1 unspecified atom stereocenters. The van der Waals surface area contributed by atoms with E-state index in [1.165, 1.54) is 17.1 Å². The average molecular weight is 264 g/mol. The monoisotopic (exact) mass is 264 g/mol. The van der Waals surface area contributed by atoms with Crippen LogP contribution in [0.3, 0.4) is 0 Å². The molecule has 0 bridgehead atoms. The lowest BCUT2D eigenvalue weighted by atomic mass is 10.2. The Bertz CT molecular complexity index is 552. The van der Waals surface area contributed by atoms with E-state index in [9.17, 15) is 14.4 Å². The maximum atomic E-state index is 11.7. The molecule has 7 nitrogen and oxygen atoms in total. The molecule has 1 fully saturated rings. The van der Waals surface area contributed by atoms with Crippen LogP contribution >= 0.6 is 0 Å². The number of amides is 2. The highest BCUT2D eigenvalue weighted by Crippen LogP contribution is 2.05. The molecule has 2 amide bonds.